The lowest BCUT2D eigenvalue weighted by atomic mass is 10.3. The maximum Gasteiger partial charge on any atom is 0.466 e. The zero-order valence-electron chi connectivity index (χ0n) is 7.34. The van der Waals surface area contributed by atoms with E-state index in [-0.39, 0.29) is 5.75 Å². The zero-order chi connectivity index (χ0) is 12.9. The molecule has 0 amide bonds. The van der Waals surface area contributed by atoms with Crippen LogP contribution in [-0.2, 0) is 7.63 Å². The molecule has 0 bridgehead atoms. The van der Waals surface area contributed by atoms with Gasteiger partial charge in [0.1, 0.15) is 9.32 Å². The Hall–Kier alpha value is 1.12. The summed E-state index contributed by atoms with van der Waals surface area (Å²) in [6.07, 6.45) is 0. The molecule has 10 heteroatoms. The van der Waals surface area contributed by atoms with E-state index in [1.807, 2.05) is 6.07 Å². The molecule has 16 heavy (non-hydrogen) atoms. The maximum atomic E-state index is 10.6. The number of phenols is 1. The van der Waals surface area contributed by atoms with Crippen LogP contribution in [0.5, 0.6) is 5.75 Å². The lowest BCUT2D eigenvalue weighted by Crippen LogP contribution is -1.82. The smallest absolute Gasteiger partial charge is 0.466 e. The third kappa shape index (κ3) is 8.25. The van der Waals surface area contributed by atoms with Crippen LogP contribution in [0.3, 0.4) is 0 Å². The number of hydrogen-bond donors (Lipinski definition) is 4. The lowest BCUT2D eigenvalue weighted by molar-refractivity contribution is 0.275. The van der Waals surface area contributed by atoms with Gasteiger partial charge in [-0.1, -0.05) is 0 Å². The zero-order valence-corrected chi connectivity index (χ0v) is 14.7. The summed E-state index contributed by atoms with van der Waals surface area (Å²) in [4.78, 5) is 21.6. The first-order valence-electron chi connectivity index (χ1n) is 3.38. The highest BCUT2D eigenvalue weighted by Crippen LogP contribution is 2.29. The van der Waals surface area contributed by atoms with Crippen LogP contribution in [0, 0.1) is 10.7 Å². The minimum atomic E-state index is -4.64. The van der Waals surface area contributed by atoms with E-state index in [0.29, 0.717) is 3.57 Å². The Kier molecular flexibility index (Phi) is 8.06. The molecule has 0 radical (unpaired) electrons. The highest BCUT2D eigenvalue weighted by atomic mass is 127. The van der Waals surface area contributed by atoms with Gasteiger partial charge in [0, 0.05) is 7.14 Å². The quantitative estimate of drug-likeness (QED) is 0.228. The standard InChI is InChI=1S/C6H3I3O2.H3O4P/c7-3-1-4(8)6(9-11)5(10)2-3;1-5(2,3)4/h1-2,10H;(H3,1,2,3,4). The number of phosphoric acid groups is 1. The molecule has 92 valence electrons. The molecule has 0 heterocycles. The van der Waals surface area contributed by atoms with Crippen LogP contribution >= 0.6 is 74.2 Å². The summed E-state index contributed by atoms with van der Waals surface area (Å²) in [5.41, 5.74) is 0. The van der Waals surface area contributed by atoms with E-state index in [1.54, 1.807) is 6.07 Å². The Morgan fingerprint density at radius 3 is 1.94 bits per heavy atom. The second kappa shape index (κ2) is 7.53. The summed E-state index contributed by atoms with van der Waals surface area (Å²) in [7, 11) is -4.64. The predicted molar refractivity (Wildman–Crippen MR) is 81.2 cm³/mol. The van der Waals surface area contributed by atoms with Crippen LogP contribution in [0.2, 0.25) is 0 Å². The molecular formula is C6H6I3O6P. The van der Waals surface area contributed by atoms with Gasteiger partial charge in [0.15, 0.2) is 21.2 Å². The normalized spacial score (nSPS) is 10.6. The molecule has 0 aliphatic carbocycles. The highest BCUT2D eigenvalue weighted by Gasteiger charge is 2.06. The van der Waals surface area contributed by atoms with Crippen LogP contribution < -0.4 is 0 Å². The summed E-state index contributed by atoms with van der Waals surface area (Å²) < 4.78 is 22.0. The van der Waals surface area contributed by atoms with Gasteiger partial charge < -0.3 is 19.8 Å². The summed E-state index contributed by atoms with van der Waals surface area (Å²) >= 11 is 2.93. The molecule has 6 nitrogen and oxygen atoms in total. The first-order chi connectivity index (χ1) is 7.15. The van der Waals surface area contributed by atoms with Crippen molar-refractivity contribution in [1.82, 2.24) is 0 Å². The van der Waals surface area contributed by atoms with Crippen molar-refractivity contribution >= 4 is 74.2 Å². The second-order valence-electron chi connectivity index (χ2n) is 2.31. The number of rotatable bonds is 1. The molecule has 1 aromatic carbocycles. The monoisotopic (exact) mass is 586 g/mol. The number of phenolic OH excluding ortho intramolecular Hbond substituents is 1. The fraction of sp³-hybridized carbons (Fsp3) is 0. The van der Waals surface area contributed by atoms with Crippen molar-refractivity contribution in [3.63, 3.8) is 0 Å². The molecule has 1 aromatic rings. The van der Waals surface area contributed by atoms with Crippen molar-refractivity contribution in [3.05, 3.63) is 22.8 Å². The van der Waals surface area contributed by atoms with Crippen molar-refractivity contribution in [2.45, 2.75) is 0 Å². The third-order valence-corrected chi connectivity index (χ3v) is 5.13. The van der Waals surface area contributed by atoms with Gasteiger partial charge in [0.25, 0.3) is 0 Å². The predicted octanol–water partition coefficient (Wildman–Crippen LogP) is 2.16. The van der Waals surface area contributed by atoms with Gasteiger partial charge in [0.2, 0.25) is 0 Å². The Bertz CT molecular complexity index is 399. The summed E-state index contributed by atoms with van der Waals surface area (Å²) in [6.45, 7) is 0. The molecule has 0 aliphatic heterocycles. The molecule has 0 atom stereocenters. The van der Waals surface area contributed by atoms with Gasteiger partial charge in [-0.25, -0.2) is 4.57 Å². The molecule has 0 spiro atoms. The topological polar surface area (TPSA) is 115 Å². The van der Waals surface area contributed by atoms with E-state index < -0.39 is 29.0 Å². The third-order valence-electron chi connectivity index (χ3n) is 1.05. The van der Waals surface area contributed by atoms with E-state index in [2.05, 4.69) is 45.2 Å². The molecule has 1 rings (SSSR count). The van der Waals surface area contributed by atoms with Crippen LogP contribution in [0.15, 0.2) is 12.1 Å². The summed E-state index contributed by atoms with van der Waals surface area (Å²) in [5.74, 6) is 0.157. The van der Waals surface area contributed by atoms with E-state index in [4.69, 9.17) is 19.2 Å². The van der Waals surface area contributed by atoms with E-state index in [1.165, 1.54) is 0 Å². The van der Waals surface area contributed by atoms with Crippen molar-refractivity contribution in [2.75, 3.05) is 0 Å². The number of benzene rings is 1. The van der Waals surface area contributed by atoms with Crippen molar-refractivity contribution in [1.29, 1.82) is 0 Å². The van der Waals surface area contributed by atoms with Gasteiger partial charge in [-0.15, -0.1) is 0 Å². The Balaban J connectivity index is 0.000000385. The fourth-order valence-electron chi connectivity index (χ4n) is 0.619. The summed E-state index contributed by atoms with van der Waals surface area (Å²) in [6, 6.07) is 3.52. The number of aromatic hydroxyl groups is 1. The molecule has 0 unspecified atom stereocenters. The Labute approximate surface area is 129 Å². The highest BCUT2D eigenvalue weighted by molar-refractivity contribution is 14.2. The molecule has 0 aliphatic rings. The van der Waals surface area contributed by atoms with Gasteiger partial charge in [-0.3, -0.25) is 3.07 Å². The fourth-order valence-corrected chi connectivity index (χ4v) is 3.74. The number of hydrogen-bond acceptors (Lipinski definition) is 3. The van der Waals surface area contributed by atoms with Crippen molar-refractivity contribution in [3.8, 4) is 5.75 Å². The van der Waals surface area contributed by atoms with Crippen molar-refractivity contribution in [2.24, 2.45) is 0 Å². The Morgan fingerprint density at radius 2 is 1.62 bits per heavy atom. The SMILES string of the molecule is O=Ic1c(O)cc(I)cc1I.O=P(O)(O)O. The first-order valence-corrected chi connectivity index (χ1v) is 9.06. The molecule has 0 aromatic heterocycles. The van der Waals surface area contributed by atoms with Gasteiger partial charge in [0.05, 0.1) is 0 Å². The minimum absolute atomic E-state index is 0.157. The van der Waals surface area contributed by atoms with E-state index in [0.717, 1.165) is 7.14 Å². The van der Waals surface area contributed by atoms with Gasteiger partial charge in [-0.2, -0.15) is 0 Å². The average Bonchev–Trinajstić information content (AvgIpc) is 1.99. The molecular weight excluding hydrogens is 580 g/mol. The van der Waals surface area contributed by atoms with Gasteiger partial charge in [-0.05, 0) is 57.3 Å². The van der Waals surface area contributed by atoms with E-state index >= 15 is 0 Å². The lowest BCUT2D eigenvalue weighted by Gasteiger charge is -1.99. The molecule has 0 fully saturated rings. The second-order valence-corrected chi connectivity index (χ2v) is 7.26. The largest absolute Gasteiger partial charge is 0.507 e. The van der Waals surface area contributed by atoms with E-state index in [9.17, 15) is 8.18 Å². The first kappa shape index (κ1) is 17.1. The Morgan fingerprint density at radius 1 is 1.19 bits per heavy atom. The average molecular weight is 586 g/mol. The van der Waals surface area contributed by atoms with Crippen LogP contribution in [0.1, 0.15) is 0 Å². The molecule has 4 N–H and O–H groups in total. The number of halogens is 3. The maximum absolute atomic E-state index is 10.6. The summed E-state index contributed by atoms with van der Waals surface area (Å²) in [5, 5.41) is 9.29. The van der Waals surface area contributed by atoms with Crippen LogP contribution in [0.25, 0.3) is 0 Å². The molecule has 0 saturated carbocycles. The van der Waals surface area contributed by atoms with Crippen LogP contribution in [0.4, 0.5) is 0 Å². The molecule has 0 saturated heterocycles. The minimum Gasteiger partial charge on any atom is -0.507 e. The van der Waals surface area contributed by atoms with Crippen molar-refractivity contribution < 1.29 is 27.4 Å². The van der Waals surface area contributed by atoms with Crippen LogP contribution in [-0.4, -0.2) is 19.8 Å². The van der Waals surface area contributed by atoms with Gasteiger partial charge >= 0.3 is 7.82 Å².